The van der Waals surface area contributed by atoms with Gasteiger partial charge in [-0.15, -0.1) is 11.8 Å². The fourth-order valence-corrected chi connectivity index (χ4v) is 4.73. The van der Waals surface area contributed by atoms with E-state index in [0.717, 1.165) is 26.6 Å². The molecule has 0 fully saturated rings. The molecule has 30 heavy (non-hydrogen) atoms. The van der Waals surface area contributed by atoms with E-state index in [-0.39, 0.29) is 5.91 Å². The molecule has 1 amide bonds. The van der Waals surface area contributed by atoms with Crippen LogP contribution in [0.15, 0.2) is 77.8 Å². The van der Waals surface area contributed by atoms with Crippen LogP contribution in [0.3, 0.4) is 0 Å². The second-order valence-electron chi connectivity index (χ2n) is 6.46. The van der Waals surface area contributed by atoms with Crippen LogP contribution < -0.4 is 9.64 Å². The maximum absolute atomic E-state index is 13.2. The van der Waals surface area contributed by atoms with E-state index < -0.39 is 0 Å². The second-order valence-corrected chi connectivity index (χ2v) is 8.52. The Kier molecular flexibility index (Phi) is 6.61. The van der Waals surface area contributed by atoms with E-state index in [4.69, 9.17) is 9.72 Å². The summed E-state index contributed by atoms with van der Waals surface area (Å²) in [5.74, 6) is 1.14. The normalized spacial score (nSPS) is 10.8. The molecule has 0 atom stereocenters. The van der Waals surface area contributed by atoms with Gasteiger partial charge in [0.1, 0.15) is 5.75 Å². The number of ether oxygens (including phenoxy) is 1. The Bertz CT molecular complexity index is 1120. The molecule has 0 bridgehead atoms. The smallest absolute Gasteiger partial charge is 0.239 e. The molecule has 7 heteroatoms. The summed E-state index contributed by atoms with van der Waals surface area (Å²) in [5.41, 5.74) is 1.68. The van der Waals surface area contributed by atoms with Crippen LogP contribution in [0.5, 0.6) is 5.75 Å². The first kappa shape index (κ1) is 20.4. The van der Waals surface area contributed by atoms with Crippen LogP contribution in [-0.2, 0) is 11.3 Å². The van der Waals surface area contributed by atoms with Gasteiger partial charge in [-0.3, -0.25) is 14.7 Å². The number of thioether (sulfide) groups is 1. The van der Waals surface area contributed by atoms with E-state index in [1.165, 1.54) is 23.1 Å². The summed E-state index contributed by atoms with van der Waals surface area (Å²) in [6.45, 7) is 2.95. The number of carbonyl (C=O) groups excluding carboxylic acids is 1. The van der Waals surface area contributed by atoms with Gasteiger partial charge in [-0.2, -0.15) is 0 Å². The third-order valence-corrected chi connectivity index (χ3v) is 6.38. The van der Waals surface area contributed by atoms with Crippen LogP contribution in [0.1, 0.15) is 12.6 Å². The van der Waals surface area contributed by atoms with Crippen molar-refractivity contribution in [2.75, 3.05) is 17.3 Å². The average Bonchev–Trinajstić information content (AvgIpc) is 3.20. The molecule has 152 valence electrons. The highest BCUT2D eigenvalue weighted by atomic mass is 32.2. The number of rotatable bonds is 8. The summed E-state index contributed by atoms with van der Waals surface area (Å²) in [4.78, 5) is 25.1. The number of pyridine rings is 1. The van der Waals surface area contributed by atoms with E-state index in [1.54, 1.807) is 11.1 Å². The van der Waals surface area contributed by atoms with E-state index in [0.29, 0.717) is 24.0 Å². The van der Waals surface area contributed by atoms with Crippen molar-refractivity contribution >= 4 is 44.4 Å². The zero-order valence-electron chi connectivity index (χ0n) is 16.5. The van der Waals surface area contributed by atoms with Crippen molar-refractivity contribution in [3.63, 3.8) is 0 Å². The minimum absolute atomic E-state index is 0.00130. The third kappa shape index (κ3) is 4.98. The molecule has 0 aliphatic carbocycles. The first-order valence-corrected chi connectivity index (χ1v) is 11.4. The predicted octanol–water partition coefficient (Wildman–Crippen LogP) is 5.42. The molecule has 4 aromatic rings. The summed E-state index contributed by atoms with van der Waals surface area (Å²) in [5, 5.41) is 0.669. The minimum Gasteiger partial charge on any atom is -0.494 e. The number of hydrogen-bond donors (Lipinski definition) is 0. The summed E-state index contributed by atoms with van der Waals surface area (Å²) >= 11 is 3.01. The van der Waals surface area contributed by atoms with Gasteiger partial charge in [0.05, 0.1) is 34.8 Å². The highest BCUT2D eigenvalue weighted by Gasteiger charge is 2.21. The number of amides is 1. The Hall–Kier alpha value is -2.90. The minimum atomic E-state index is -0.00130. The predicted molar refractivity (Wildman–Crippen MR) is 123 cm³/mol. The quantitative estimate of drug-likeness (QED) is 0.346. The van der Waals surface area contributed by atoms with Crippen LogP contribution in [0, 0.1) is 0 Å². The number of anilines is 1. The lowest BCUT2D eigenvalue weighted by molar-refractivity contribution is -0.116. The van der Waals surface area contributed by atoms with Gasteiger partial charge < -0.3 is 4.74 Å². The van der Waals surface area contributed by atoms with Crippen LogP contribution in [-0.4, -0.2) is 28.2 Å². The molecule has 0 N–H and O–H groups in total. The lowest BCUT2D eigenvalue weighted by Gasteiger charge is -2.19. The Morgan fingerprint density at radius 1 is 1.10 bits per heavy atom. The molecular weight excluding hydrogens is 414 g/mol. The first-order valence-electron chi connectivity index (χ1n) is 9.64. The summed E-state index contributed by atoms with van der Waals surface area (Å²) in [6, 6.07) is 21.5. The first-order chi connectivity index (χ1) is 14.7. The Morgan fingerprint density at radius 3 is 2.70 bits per heavy atom. The monoisotopic (exact) mass is 435 g/mol. The third-order valence-electron chi connectivity index (χ3n) is 4.34. The highest BCUT2D eigenvalue weighted by Crippen LogP contribution is 2.33. The van der Waals surface area contributed by atoms with Crippen molar-refractivity contribution in [1.82, 2.24) is 9.97 Å². The second kappa shape index (κ2) is 9.73. The maximum atomic E-state index is 13.2. The molecule has 0 unspecified atom stereocenters. The van der Waals surface area contributed by atoms with E-state index >= 15 is 0 Å². The number of nitrogens with zero attached hydrogens (tertiary/aromatic N) is 3. The molecule has 4 rings (SSSR count). The summed E-state index contributed by atoms with van der Waals surface area (Å²) in [6.07, 6.45) is 1.74. The summed E-state index contributed by atoms with van der Waals surface area (Å²) < 4.78 is 6.59. The molecule has 5 nitrogen and oxygen atoms in total. The van der Waals surface area contributed by atoms with E-state index in [9.17, 15) is 4.79 Å². The number of carbonyl (C=O) groups is 1. The standard InChI is InChI=1S/C23H21N3O2S2/c1-2-28-18-11-12-20-21(14-18)30-23(25-20)26(15-17-8-6-7-13-24-17)22(27)16-29-19-9-4-3-5-10-19/h3-14H,2,15-16H2,1H3. The largest absolute Gasteiger partial charge is 0.494 e. The molecule has 0 aliphatic rings. The molecule has 2 aromatic carbocycles. The lowest BCUT2D eigenvalue weighted by atomic mass is 10.3. The fourth-order valence-electron chi connectivity index (χ4n) is 2.92. The van der Waals surface area contributed by atoms with Crippen molar-refractivity contribution in [2.24, 2.45) is 0 Å². The van der Waals surface area contributed by atoms with Crippen molar-refractivity contribution in [3.05, 3.63) is 78.6 Å². The van der Waals surface area contributed by atoms with Crippen molar-refractivity contribution in [1.29, 1.82) is 0 Å². The van der Waals surface area contributed by atoms with E-state index in [2.05, 4.69) is 4.98 Å². The topological polar surface area (TPSA) is 55.3 Å². The Morgan fingerprint density at radius 2 is 1.93 bits per heavy atom. The maximum Gasteiger partial charge on any atom is 0.239 e. The van der Waals surface area contributed by atoms with Crippen LogP contribution >= 0.6 is 23.1 Å². The molecular formula is C23H21N3O2S2. The Balaban J connectivity index is 1.60. The fraction of sp³-hybridized carbons (Fsp3) is 0.174. The molecule has 0 radical (unpaired) electrons. The van der Waals surface area contributed by atoms with Gasteiger partial charge >= 0.3 is 0 Å². The van der Waals surface area contributed by atoms with Crippen LogP contribution in [0.4, 0.5) is 5.13 Å². The molecule has 0 saturated carbocycles. The lowest BCUT2D eigenvalue weighted by Crippen LogP contribution is -2.32. The number of benzene rings is 2. The molecule has 0 spiro atoms. The van der Waals surface area contributed by atoms with Gasteiger partial charge in [0.25, 0.3) is 0 Å². The zero-order chi connectivity index (χ0) is 20.8. The van der Waals surface area contributed by atoms with Gasteiger partial charge in [-0.05, 0) is 49.4 Å². The number of aromatic nitrogens is 2. The molecule has 2 aromatic heterocycles. The molecule has 0 aliphatic heterocycles. The van der Waals surface area contributed by atoms with Gasteiger partial charge in [-0.1, -0.05) is 35.6 Å². The molecule has 2 heterocycles. The van der Waals surface area contributed by atoms with E-state index in [1.807, 2.05) is 73.7 Å². The zero-order valence-corrected chi connectivity index (χ0v) is 18.2. The highest BCUT2D eigenvalue weighted by molar-refractivity contribution is 8.00. The van der Waals surface area contributed by atoms with Crippen LogP contribution in [0.2, 0.25) is 0 Å². The van der Waals surface area contributed by atoms with Gasteiger partial charge in [-0.25, -0.2) is 4.98 Å². The van der Waals surface area contributed by atoms with Gasteiger partial charge in [0.15, 0.2) is 5.13 Å². The Labute approximate surface area is 183 Å². The van der Waals surface area contributed by atoms with Crippen molar-refractivity contribution in [2.45, 2.75) is 18.4 Å². The number of hydrogen-bond acceptors (Lipinski definition) is 6. The van der Waals surface area contributed by atoms with Gasteiger partial charge in [0.2, 0.25) is 5.91 Å². The van der Waals surface area contributed by atoms with Gasteiger partial charge in [0, 0.05) is 11.1 Å². The molecule has 0 saturated heterocycles. The van der Waals surface area contributed by atoms with Crippen LogP contribution in [0.25, 0.3) is 10.2 Å². The number of thiazole rings is 1. The number of fused-ring (bicyclic) bond motifs is 1. The summed E-state index contributed by atoms with van der Waals surface area (Å²) in [7, 11) is 0. The van der Waals surface area contributed by atoms with Crippen molar-refractivity contribution in [3.8, 4) is 5.75 Å². The van der Waals surface area contributed by atoms with Crippen molar-refractivity contribution < 1.29 is 9.53 Å². The SMILES string of the molecule is CCOc1ccc2nc(N(Cc3ccccn3)C(=O)CSc3ccccc3)sc2c1. The average molecular weight is 436 g/mol.